The van der Waals surface area contributed by atoms with Gasteiger partial charge < -0.3 is 20.1 Å². The summed E-state index contributed by atoms with van der Waals surface area (Å²) in [6, 6.07) is 20.0. The van der Waals surface area contributed by atoms with Crippen molar-refractivity contribution in [3.63, 3.8) is 0 Å². The van der Waals surface area contributed by atoms with Crippen LogP contribution in [0.1, 0.15) is 23.6 Å². The van der Waals surface area contributed by atoms with E-state index in [0.717, 1.165) is 16.8 Å². The Bertz CT molecular complexity index is 1330. The van der Waals surface area contributed by atoms with Crippen LogP contribution in [0.3, 0.4) is 0 Å². The van der Waals surface area contributed by atoms with Gasteiger partial charge in [0.2, 0.25) is 0 Å². The molecule has 2 amide bonds. The number of hydrogen-bond donors (Lipinski definition) is 2. The molecule has 2 N–H and O–H groups in total. The topological polar surface area (TPSA) is 100 Å². The number of ether oxygens (including phenoxy) is 2. The summed E-state index contributed by atoms with van der Waals surface area (Å²) in [6.07, 6.45) is 1.49. The number of halogens is 1. The van der Waals surface area contributed by atoms with Crippen molar-refractivity contribution in [3.8, 4) is 17.6 Å². The molecule has 36 heavy (non-hydrogen) atoms. The number of hydrogen-bond acceptors (Lipinski definition) is 5. The lowest BCUT2D eigenvalue weighted by atomic mass is 10.1. The molecule has 0 heterocycles. The highest BCUT2D eigenvalue weighted by Crippen LogP contribution is 2.35. The number of carbonyl (C=O) groups excluding carboxylic acids is 2. The molecule has 0 aromatic heterocycles. The Morgan fingerprint density at radius 3 is 2.47 bits per heavy atom. The van der Waals surface area contributed by atoms with Crippen LogP contribution in [0.5, 0.6) is 11.5 Å². The van der Waals surface area contributed by atoms with Crippen molar-refractivity contribution in [1.29, 1.82) is 5.26 Å². The molecule has 0 aliphatic carbocycles. The second kappa shape index (κ2) is 12.7. The van der Waals surface area contributed by atoms with Crippen molar-refractivity contribution in [2.75, 3.05) is 23.8 Å². The zero-order valence-electron chi connectivity index (χ0n) is 20.2. The molecule has 0 atom stereocenters. The highest BCUT2D eigenvalue weighted by atomic mass is 127. The molecule has 0 aliphatic heterocycles. The molecule has 0 unspecified atom stereocenters. The number of carbonyl (C=O) groups is 2. The highest BCUT2D eigenvalue weighted by Gasteiger charge is 2.16. The van der Waals surface area contributed by atoms with Crippen LogP contribution in [0, 0.1) is 28.7 Å². The van der Waals surface area contributed by atoms with Crippen molar-refractivity contribution >= 4 is 51.9 Å². The summed E-state index contributed by atoms with van der Waals surface area (Å²) in [6.45, 7) is 5.93. The van der Waals surface area contributed by atoms with Gasteiger partial charge in [0.25, 0.3) is 11.8 Å². The van der Waals surface area contributed by atoms with Gasteiger partial charge in [-0.25, -0.2) is 0 Å². The zero-order valence-corrected chi connectivity index (χ0v) is 22.4. The number of rotatable bonds is 9. The SMILES string of the molecule is CCOc1cc(/C=C(\C#N)C(=O)Nc2ccccc2)cc(I)c1OCC(=O)Nc1cccc(C)c1C. The predicted molar refractivity (Wildman–Crippen MR) is 149 cm³/mol. The van der Waals surface area contributed by atoms with Crippen LogP contribution in [0.15, 0.2) is 66.2 Å². The number of benzene rings is 3. The molecule has 3 aromatic rings. The van der Waals surface area contributed by atoms with Crippen LogP contribution in [0.2, 0.25) is 0 Å². The predicted octanol–water partition coefficient (Wildman–Crippen LogP) is 5.87. The summed E-state index contributed by atoms with van der Waals surface area (Å²) < 4.78 is 12.2. The zero-order chi connectivity index (χ0) is 26.1. The molecule has 0 bridgehead atoms. The van der Waals surface area contributed by atoms with Crippen LogP contribution in [0.25, 0.3) is 6.08 Å². The standard InChI is InChI=1S/C28H26IN3O4/c1-4-35-25-15-20(13-21(16-30)28(34)31-22-10-6-5-7-11-22)14-23(29)27(25)36-17-26(33)32-24-12-8-9-18(2)19(24)3/h5-15H,4,17H2,1-3H3,(H,31,34)(H,32,33)/b21-13+. The van der Waals surface area contributed by atoms with E-state index in [1.54, 1.807) is 36.4 Å². The lowest BCUT2D eigenvalue weighted by Gasteiger charge is -2.15. The van der Waals surface area contributed by atoms with E-state index in [9.17, 15) is 14.9 Å². The van der Waals surface area contributed by atoms with Crippen molar-refractivity contribution in [3.05, 3.63) is 86.5 Å². The van der Waals surface area contributed by atoms with E-state index in [0.29, 0.717) is 32.9 Å². The van der Waals surface area contributed by atoms with E-state index in [-0.39, 0.29) is 18.1 Å². The number of aryl methyl sites for hydroxylation is 1. The highest BCUT2D eigenvalue weighted by molar-refractivity contribution is 14.1. The largest absolute Gasteiger partial charge is 0.490 e. The Labute approximate surface area is 224 Å². The number of amides is 2. The van der Waals surface area contributed by atoms with Crippen molar-refractivity contribution in [1.82, 2.24) is 0 Å². The number of anilines is 2. The first-order valence-corrected chi connectivity index (χ1v) is 12.3. The molecule has 7 nitrogen and oxygen atoms in total. The molecular formula is C28H26IN3O4. The fourth-order valence-corrected chi connectivity index (χ4v) is 4.10. The smallest absolute Gasteiger partial charge is 0.266 e. The normalized spacial score (nSPS) is 10.8. The minimum absolute atomic E-state index is 0.0568. The Morgan fingerprint density at radius 1 is 1.03 bits per heavy atom. The average molecular weight is 595 g/mol. The quantitative estimate of drug-likeness (QED) is 0.183. The van der Waals surface area contributed by atoms with Gasteiger partial charge >= 0.3 is 0 Å². The Kier molecular flexibility index (Phi) is 9.47. The van der Waals surface area contributed by atoms with Crippen molar-refractivity contribution < 1.29 is 19.1 Å². The van der Waals surface area contributed by atoms with Gasteiger partial charge in [-0.3, -0.25) is 9.59 Å². The maximum Gasteiger partial charge on any atom is 0.266 e. The van der Waals surface area contributed by atoms with Crippen LogP contribution in [0.4, 0.5) is 11.4 Å². The van der Waals surface area contributed by atoms with E-state index < -0.39 is 5.91 Å². The summed E-state index contributed by atoms with van der Waals surface area (Å²) >= 11 is 2.08. The van der Waals surface area contributed by atoms with E-state index in [1.807, 2.05) is 51.1 Å². The van der Waals surface area contributed by atoms with Crippen LogP contribution >= 0.6 is 22.6 Å². The van der Waals surface area contributed by atoms with Gasteiger partial charge in [-0.05, 0) is 96.5 Å². The molecule has 3 rings (SSSR count). The van der Waals surface area contributed by atoms with Gasteiger partial charge in [-0.15, -0.1) is 0 Å². The minimum Gasteiger partial charge on any atom is -0.490 e. The summed E-state index contributed by atoms with van der Waals surface area (Å²) in [4.78, 5) is 25.1. The Morgan fingerprint density at radius 2 is 1.78 bits per heavy atom. The Balaban J connectivity index is 1.77. The molecule has 3 aromatic carbocycles. The van der Waals surface area contributed by atoms with Gasteiger partial charge in [0.05, 0.1) is 10.2 Å². The minimum atomic E-state index is -0.514. The lowest BCUT2D eigenvalue weighted by Crippen LogP contribution is -2.21. The van der Waals surface area contributed by atoms with Gasteiger partial charge in [0.15, 0.2) is 18.1 Å². The first-order chi connectivity index (χ1) is 17.3. The fraction of sp³-hybridized carbons (Fsp3) is 0.179. The number of nitriles is 1. The monoisotopic (exact) mass is 595 g/mol. The molecule has 184 valence electrons. The second-order valence-electron chi connectivity index (χ2n) is 7.84. The lowest BCUT2D eigenvalue weighted by molar-refractivity contribution is -0.118. The van der Waals surface area contributed by atoms with E-state index in [2.05, 4.69) is 33.2 Å². The summed E-state index contributed by atoms with van der Waals surface area (Å²) in [5, 5.41) is 15.1. The third-order valence-electron chi connectivity index (χ3n) is 5.27. The van der Waals surface area contributed by atoms with Gasteiger partial charge in [-0.2, -0.15) is 5.26 Å². The first-order valence-electron chi connectivity index (χ1n) is 11.3. The third-order valence-corrected chi connectivity index (χ3v) is 6.07. The van der Waals surface area contributed by atoms with Crippen LogP contribution in [-0.4, -0.2) is 25.0 Å². The Hall–Kier alpha value is -3.84. The van der Waals surface area contributed by atoms with E-state index >= 15 is 0 Å². The number of nitrogens with one attached hydrogen (secondary N) is 2. The van der Waals surface area contributed by atoms with Crippen LogP contribution in [-0.2, 0) is 9.59 Å². The number of nitrogens with zero attached hydrogens (tertiary/aromatic N) is 1. The maximum atomic E-state index is 12.6. The van der Waals surface area contributed by atoms with Crippen molar-refractivity contribution in [2.24, 2.45) is 0 Å². The van der Waals surface area contributed by atoms with E-state index in [4.69, 9.17) is 9.47 Å². The summed E-state index contributed by atoms with van der Waals surface area (Å²) in [7, 11) is 0. The molecular weight excluding hydrogens is 569 g/mol. The van der Waals surface area contributed by atoms with Crippen molar-refractivity contribution in [2.45, 2.75) is 20.8 Å². The van der Waals surface area contributed by atoms with Gasteiger partial charge in [0.1, 0.15) is 11.6 Å². The van der Waals surface area contributed by atoms with E-state index in [1.165, 1.54) is 6.08 Å². The third kappa shape index (κ3) is 7.09. The average Bonchev–Trinajstić information content (AvgIpc) is 2.85. The van der Waals surface area contributed by atoms with Gasteiger partial charge in [0, 0.05) is 11.4 Å². The molecule has 0 radical (unpaired) electrons. The second-order valence-corrected chi connectivity index (χ2v) is 9.00. The summed E-state index contributed by atoms with van der Waals surface area (Å²) in [5.41, 5.74) is 3.95. The van der Waals surface area contributed by atoms with Gasteiger partial charge in [-0.1, -0.05) is 30.3 Å². The molecule has 0 aliphatic rings. The summed E-state index contributed by atoms with van der Waals surface area (Å²) in [5.74, 6) is 0.0179. The fourth-order valence-electron chi connectivity index (χ4n) is 3.32. The van der Waals surface area contributed by atoms with Crippen LogP contribution < -0.4 is 20.1 Å². The molecule has 0 spiro atoms. The maximum absolute atomic E-state index is 12.6. The molecule has 0 saturated heterocycles. The first kappa shape index (κ1) is 26.8. The number of para-hydroxylation sites is 1. The molecule has 0 saturated carbocycles. The molecule has 8 heteroatoms. The molecule has 0 fully saturated rings.